The van der Waals surface area contributed by atoms with E-state index in [2.05, 4.69) is 44.1 Å². The maximum Gasteiger partial charge on any atom is 0.166 e. The van der Waals surface area contributed by atoms with E-state index < -0.39 is 0 Å². The zero-order valence-electron chi connectivity index (χ0n) is 12.4. The van der Waals surface area contributed by atoms with E-state index in [1.807, 2.05) is 19.9 Å². The minimum atomic E-state index is 0.265. The van der Waals surface area contributed by atoms with Gasteiger partial charge in [-0.05, 0) is 25.8 Å². The highest BCUT2D eigenvalue weighted by Crippen LogP contribution is 2.28. The van der Waals surface area contributed by atoms with Crippen LogP contribution in [-0.4, -0.2) is 31.5 Å². The highest BCUT2D eigenvalue weighted by Gasteiger charge is 2.28. The first kappa shape index (κ1) is 13.2. The first-order valence-corrected chi connectivity index (χ1v) is 7.05. The molecule has 0 aliphatic carbocycles. The minimum Gasteiger partial charge on any atom is -0.308 e. The Morgan fingerprint density at radius 3 is 2.75 bits per heavy atom. The largest absolute Gasteiger partial charge is 0.308 e. The van der Waals surface area contributed by atoms with Gasteiger partial charge >= 0.3 is 0 Å². The molecule has 1 aliphatic rings. The lowest BCUT2D eigenvalue weighted by molar-refractivity contribution is 0.339. The van der Waals surface area contributed by atoms with Gasteiger partial charge in [-0.15, -0.1) is 10.2 Å². The smallest absolute Gasteiger partial charge is 0.166 e. The Bertz CT molecular complexity index is 631. The average Bonchev–Trinajstić information content (AvgIpc) is 2.85. The fourth-order valence-corrected chi connectivity index (χ4v) is 2.70. The quantitative estimate of drug-likeness (QED) is 0.900. The van der Waals surface area contributed by atoms with Gasteiger partial charge in [0.05, 0.1) is 17.4 Å². The molecule has 2 aromatic heterocycles. The lowest BCUT2D eigenvalue weighted by atomic mass is 10.0. The Kier molecular flexibility index (Phi) is 3.25. The molecule has 0 aromatic carbocycles. The van der Waals surface area contributed by atoms with E-state index in [1.54, 1.807) is 0 Å². The minimum absolute atomic E-state index is 0.265. The standard InChI is InChI=1S/C14H20N6/c1-8(2)12-14-19-18-13(20(14)6-5-15-12)11-7-9(3)16-17-10(11)4/h7-8,12,15H,5-6H2,1-4H3. The zero-order chi connectivity index (χ0) is 14.3. The summed E-state index contributed by atoms with van der Waals surface area (Å²) in [6.45, 7) is 10.1. The van der Waals surface area contributed by atoms with Crippen LogP contribution in [0, 0.1) is 19.8 Å². The van der Waals surface area contributed by atoms with Gasteiger partial charge in [0.25, 0.3) is 0 Å². The molecule has 0 radical (unpaired) electrons. The van der Waals surface area contributed by atoms with Gasteiger partial charge in [-0.2, -0.15) is 10.2 Å². The van der Waals surface area contributed by atoms with E-state index in [4.69, 9.17) is 0 Å². The zero-order valence-corrected chi connectivity index (χ0v) is 12.4. The number of aryl methyl sites for hydroxylation is 2. The van der Waals surface area contributed by atoms with E-state index in [-0.39, 0.29) is 6.04 Å². The van der Waals surface area contributed by atoms with Crippen LogP contribution in [-0.2, 0) is 6.54 Å². The van der Waals surface area contributed by atoms with Crippen LogP contribution < -0.4 is 5.32 Å². The monoisotopic (exact) mass is 272 g/mol. The summed E-state index contributed by atoms with van der Waals surface area (Å²) in [7, 11) is 0. The predicted octanol–water partition coefficient (Wildman–Crippen LogP) is 1.65. The number of aromatic nitrogens is 5. The van der Waals surface area contributed by atoms with Crippen molar-refractivity contribution in [2.45, 2.75) is 40.3 Å². The molecule has 1 unspecified atom stereocenters. The van der Waals surface area contributed by atoms with Gasteiger partial charge in [-0.3, -0.25) is 0 Å². The number of fused-ring (bicyclic) bond motifs is 1. The normalized spacial score (nSPS) is 18.4. The molecule has 0 bridgehead atoms. The molecule has 1 N–H and O–H groups in total. The Hall–Kier alpha value is -1.82. The Morgan fingerprint density at radius 1 is 1.20 bits per heavy atom. The number of nitrogens with zero attached hydrogens (tertiary/aromatic N) is 5. The van der Waals surface area contributed by atoms with Crippen LogP contribution in [0.1, 0.15) is 37.1 Å². The van der Waals surface area contributed by atoms with Crippen LogP contribution in [0.15, 0.2) is 6.07 Å². The third-order valence-electron chi connectivity index (χ3n) is 3.77. The highest BCUT2D eigenvalue weighted by molar-refractivity contribution is 5.58. The molecule has 3 heterocycles. The number of rotatable bonds is 2. The van der Waals surface area contributed by atoms with Gasteiger partial charge in [0.15, 0.2) is 11.6 Å². The van der Waals surface area contributed by atoms with Gasteiger partial charge < -0.3 is 9.88 Å². The summed E-state index contributed by atoms with van der Waals surface area (Å²) < 4.78 is 2.21. The summed E-state index contributed by atoms with van der Waals surface area (Å²) in [6, 6.07) is 2.30. The molecule has 3 rings (SSSR count). The van der Waals surface area contributed by atoms with Gasteiger partial charge in [0.1, 0.15) is 0 Å². The van der Waals surface area contributed by atoms with E-state index in [1.165, 1.54) is 0 Å². The molecule has 1 aliphatic heterocycles. The van der Waals surface area contributed by atoms with Gasteiger partial charge in [-0.25, -0.2) is 0 Å². The second kappa shape index (κ2) is 4.94. The first-order chi connectivity index (χ1) is 9.58. The topological polar surface area (TPSA) is 68.5 Å². The molecule has 6 nitrogen and oxygen atoms in total. The summed E-state index contributed by atoms with van der Waals surface area (Å²) in [4.78, 5) is 0. The maximum atomic E-state index is 4.41. The molecule has 0 amide bonds. The molecule has 106 valence electrons. The van der Waals surface area contributed by atoms with Gasteiger partial charge in [0, 0.05) is 18.7 Å². The summed E-state index contributed by atoms with van der Waals surface area (Å²) >= 11 is 0. The second-order valence-electron chi connectivity index (χ2n) is 5.69. The van der Waals surface area contributed by atoms with Gasteiger partial charge in [-0.1, -0.05) is 13.8 Å². The van der Waals surface area contributed by atoms with Crippen molar-refractivity contribution in [2.24, 2.45) is 5.92 Å². The van der Waals surface area contributed by atoms with Gasteiger partial charge in [0.2, 0.25) is 0 Å². The summed E-state index contributed by atoms with van der Waals surface area (Å²) in [5, 5.41) is 20.6. The Morgan fingerprint density at radius 2 is 2.00 bits per heavy atom. The lowest BCUT2D eigenvalue weighted by Gasteiger charge is -2.27. The van der Waals surface area contributed by atoms with E-state index in [0.29, 0.717) is 5.92 Å². The SMILES string of the molecule is Cc1cc(-c2nnc3n2CCNC3C(C)C)c(C)nn1. The fraction of sp³-hybridized carbons (Fsp3) is 0.571. The Balaban J connectivity index is 2.11. The molecule has 1 atom stereocenters. The third-order valence-corrected chi connectivity index (χ3v) is 3.77. The summed E-state index contributed by atoms with van der Waals surface area (Å²) in [6.07, 6.45) is 0. The second-order valence-corrected chi connectivity index (χ2v) is 5.69. The van der Waals surface area contributed by atoms with Crippen molar-refractivity contribution in [3.05, 3.63) is 23.3 Å². The van der Waals surface area contributed by atoms with E-state index in [0.717, 1.165) is 41.7 Å². The summed E-state index contributed by atoms with van der Waals surface area (Å²) in [5.41, 5.74) is 2.82. The number of hydrogen-bond donors (Lipinski definition) is 1. The molecule has 0 saturated heterocycles. The van der Waals surface area contributed by atoms with Crippen molar-refractivity contribution in [3.63, 3.8) is 0 Å². The number of hydrogen-bond acceptors (Lipinski definition) is 5. The van der Waals surface area contributed by atoms with Crippen LogP contribution >= 0.6 is 0 Å². The highest BCUT2D eigenvalue weighted by atomic mass is 15.3. The van der Waals surface area contributed by atoms with Crippen LogP contribution in [0.25, 0.3) is 11.4 Å². The average molecular weight is 272 g/mol. The molecule has 6 heteroatoms. The van der Waals surface area contributed by atoms with Crippen molar-refractivity contribution < 1.29 is 0 Å². The summed E-state index contributed by atoms with van der Waals surface area (Å²) in [5.74, 6) is 2.42. The molecule has 2 aromatic rings. The number of nitrogens with one attached hydrogen (secondary N) is 1. The van der Waals surface area contributed by atoms with Crippen LogP contribution in [0.4, 0.5) is 0 Å². The predicted molar refractivity (Wildman–Crippen MR) is 76.1 cm³/mol. The maximum absolute atomic E-state index is 4.41. The molecule has 0 spiro atoms. The Labute approximate surface area is 118 Å². The first-order valence-electron chi connectivity index (χ1n) is 7.05. The van der Waals surface area contributed by atoms with E-state index >= 15 is 0 Å². The van der Waals surface area contributed by atoms with Crippen molar-refractivity contribution >= 4 is 0 Å². The van der Waals surface area contributed by atoms with Crippen molar-refractivity contribution in [1.82, 2.24) is 30.3 Å². The molecule has 0 saturated carbocycles. The molecule has 0 fully saturated rings. The fourth-order valence-electron chi connectivity index (χ4n) is 2.70. The van der Waals surface area contributed by atoms with Crippen molar-refractivity contribution in [2.75, 3.05) is 6.54 Å². The third kappa shape index (κ3) is 2.10. The van der Waals surface area contributed by atoms with Crippen LogP contribution in [0.2, 0.25) is 0 Å². The lowest BCUT2D eigenvalue weighted by Crippen LogP contribution is -2.36. The van der Waals surface area contributed by atoms with Crippen molar-refractivity contribution in [3.8, 4) is 11.4 Å². The van der Waals surface area contributed by atoms with E-state index in [9.17, 15) is 0 Å². The molecular weight excluding hydrogens is 252 g/mol. The molecular formula is C14H20N6. The van der Waals surface area contributed by atoms with Crippen LogP contribution in [0.5, 0.6) is 0 Å². The molecule has 20 heavy (non-hydrogen) atoms. The van der Waals surface area contributed by atoms with Crippen molar-refractivity contribution in [1.29, 1.82) is 0 Å². The van der Waals surface area contributed by atoms with Crippen LogP contribution in [0.3, 0.4) is 0 Å².